The van der Waals surface area contributed by atoms with E-state index in [0.29, 0.717) is 24.1 Å². The van der Waals surface area contributed by atoms with Crippen LogP contribution in [-0.4, -0.2) is 73.7 Å². The van der Waals surface area contributed by atoms with Crippen molar-refractivity contribution in [1.29, 1.82) is 0 Å². The summed E-state index contributed by atoms with van der Waals surface area (Å²) in [6, 6.07) is 0.801. The number of hydrogen-bond acceptors (Lipinski definition) is 4. The number of nitrogens with zero attached hydrogens (tertiary/aromatic N) is 2. The van der Waals surface area contributed by atoms with Crippen molar-refractivity contribution >= 4 is 5.91 Å². The molecule has 0 radical (unpaired) electrons. The molecule has 1 atom stereocenters. The van der Waals surface area contributed by atoms with Gasteiger partial charge < -0.3 is 10.1 Å². The number of amides is 1. The Bertz CT molecular complexity index is 372. The zero-order valence-corrected chi connectivity index (χ0v) is 13.6. The summed E-state index contributed by atoms with van der Waals surface area (Å²) in [7, 11) is 0. The molecular formula is C16H29N3O2. The highest BCUT2D eigenvalue weighted by Crippen LogP contribution is 2.14. The van der Waals surface area contributed by atoms with Gasteiger partial charge in [0, 0.05) is 44.3 Å². The van der Waals surface area contributed by atoms with E-state index >= 15 is 0 Å². The van der Waals surface area contributed by atoms with Crippen LogP contribution in [0, 0.1) is 5.92 Å². The first-order chi connectivity index (χ1) is 9.97. The van der Waals surface area contributed by atoms with E-state index in [0.717, 1.165) is 39.4 Å². The maximum atomic E-state index is 12.1. The molecule has 0 aromatic heterocycles. The number of hydrogen-bond donors (Lipinski definition) is 1. The molecule has 2 aliphatic rings. The largest absolute Gasteiger partial charge is 0.378 e. The quantitative estimate of drug-likeness (QED) is 0.734. The fourth-order valence-electron chi connectivity index (χ4n) is 2.54. The summed E-state index contributed by atoms with van der Waals surface area (Å²) in [4.78, 5) is 16.9. The average molecular weight is 295 g/mol. The lowest BCUT2D eigenvalue weighted by Gasteiger charge is -2.42. The Morgan fingerprint density at radius 3 is 2.33 bits per heavy atom. The highest BCUT2D eigenvalue weighted by atomic mass is 16.5. The summed E-state index contributed by atoms with van der Waals surface area (Å²) >= 11 is 0. The van der Waals surface area contributed by atoms with Gasteiger partial charge in [-0.05, 0) is 12.8 Å². The third-order valence-corrected chi connectivity index (χ3v) is 4.64. The molecule has 2 aliphatic heterocycles. The molecule has 0 aliphatic carbocycles. The second kappa shape index (κ2) is 7.38. The minimum absolute atomic E-state index is 0.00831. The van der Waals surface area contributed by atoms with Crippen LogP contribution in [0.2, 0.25) is 0 Å². The van der Waals surface area contributed by atoms with Crippen molar-refractivity contribution in [3.05, 3.63) is 12.2 Å². The van der Waals surface area contributed by atoms with Crippen LogP contribution in [0.4, 0.5) is 0 Å². The Morgan fingerprint density at radius 2 is 1.86 bits per heavy atom. The molecule has 2 heterocycles. The SMILES string of the molecule is C=C(CN1CCN(C2COC2)CC1)C(=O)N[C@H](C)C(C)C. The number of carbonyl (C=O) groups excluding carboxylic acids is 1. The topological polar surface area (TPSA) is 44.8 Å². The van der Waals surface area contributed by atoms with Crippen LogP contribution in [0.5, 0.6) is 0 Å². The number of carbonyl (C=O) groups is 1. The number of rotatable bonds is 6. The third-order valence-electron chi connectivity index (χ3n) is 4.64. The van der Waals surface area contributed by atoms with E-state index in [9.17, 15) is 4.79 Å². The third kappa shape index (κ3) is 4.53. The molecular weight excluding hydrogens is 266 g/mol. The van der Waals surface area contributed by atoms with E-state index in [4.69, 9.17) is 4.74 Å². The molecule has 0 spiro atoms. The smallest absolute Gasteiger partial charge is 0.248 e. The molecule has 0 saturated carbocycles. The maximum Gasteiger partial charge on any atom is 0.248 e. The molecule has 0 bridgehead atoms. The minimum atomic E-state index is -0.00831. The average Bonchev–Trinajstić information content (AvgIpc) is 2.38. The van der Waals surface area contributed by atoms with Gasteiger partial charge in [0.2, 0.25) is 5.91 Å². The zero-order valence-electron chi connectivity index (χ0n) is 13.6. The molecule has 0 unspecified atom stereocenters. The minimum Gasteiger partial charge on any atom is -0.378 e. The first kappa shape index (κ1) is 16.5. The Balaban J connectivity index is 1.69. The molecule has 2 fully saturated rings. The van der Waals surface area contributed by atoms with Gasteiger partial charge in [-0.2, -0.15) is 0 Å². The van der Waals surface area contributed by atoms with Crippen LogP contribution in [0.15, 0.2) is 12.2 Å². The second-order valence-corrected chi connectivity index (χ2v) is 6.61. The lowest BCUT2D eigenvalue weighted by Crippen LogP contribution is -2.56. The van der Waals surface area contributed by atoms with Crippen LogP contribution in [0.3, 0.4) is 0 Å². The highest BCUT2D eigenvalue weighted by Gasteiger charge is 2.29. The maximum absolute atomic E-state index is 12.1. The summed E-state index contributed by atoms with van der Waals surface area (Å²) < 4.78 is 5.24. The van der Waals surface area contributed by atoms with Crippen molar-refractivity contribution < 1.29 is 9.53 Å². The van der Waals surface area contributed by atoms with Crippen molar-refractivity contribution in [3.8, 4) is 0 Å². The molecule has 21 heavy (non-hydrogen) atoms. The molecule has 5 heteroatoms. The fraction of sp³-hybridized carbons (Fsp3) is 0.812. The Morgan fingerprint density at radius 1 is 1.24 bits per heavy atom. The monoisotopic (exact) mass is 295 g/mol. The van der Waals surface area contributed by atoms with Gasteiger partial charge in [0.25, 0.3) is 0 Å². The van der Waals surface area contributed by atoms with Crippen molar-refractivity contribution in [2.24, 2.45) is 5.92 Å². The summed E-state index contributed by atoms with van der Waals surface area (Å²) in [6.07, 6.45) is 0. The molecule has 1 amide bonds. The number of nitrogens with one attached hydrogen (secondary N) is 1. The summed E-state index contributed by atoms with van der Waals surface area (Å²) in [5, 5.41) is 3.02. The van der Waals surface area contributed by atoms with Gasteiger partial charge in [-0.3, -0.25) is 14.6 Å². The predicted molar refractivity (Wildman–Crippen MR) is 84.2 cm³/mol. The highest BCUT2D eigenvalue weighted by molar-refractivity contribution is 5.93. The van der Waals surface area contributed by atoms with E-state index in [-0.39, 0.29) is 11.9 Å². The first-order valence-electron chi connectivity index (χ1n) is 8.00. The van der Waals surface area contributed by atoms with Crippen LogP contribution < -0.4 is 5.32 Å². The standard InChI is InChI=1S/C16H29N3O2/c1-12(2)14(4)17-16(20)13(3)9-18-5-7-19(8-6-18)15-10-21-11-15/h12,14-15H,3,5-11H2,1-2,4H3,(H,17,20)/t14-/m1/s1. The van der Waals surface area contributed by atoms with Crippen LogP contribution >= 0.6 is 0 Å². The summed E-state index contributed by atoms with van der Waals surface area (Å²) in [6.45, 7) is 16.8. The Hall–Kier alpha value is -0.910. The van der Waals surface area contributed by atoms with E-state index in [1.165, 1.54) is 0 Å². The van der Waals surface area contributed by atoms with Gasteiger partial charge in [0.15, 0.2) is 0 Å². The zero-order chi connectivity index (χ0) is 15.4. The molecule has 1 N–H and O–H groups in total. The predicted octanol–water partition coefficient (Wildman–Crippen LogP) is 0.720. The first-order valence-corrected chi connectivity index (χ1v) is 8.00. The molecule has 0 aromatic rings. The Labute approximate surface area is 128 Å². The van der Waals surface area contributed by atoms with Gasteiger partial charge in [-0.15, -0.1) is 0 Å². The molecule has 120 valence electrons. The van der Waals surface area contributed by atoms with Crippen molar-refractivity contribution in [2.75, 3.05) is 45.9 Å². The van der Waals surface area contributed by atoms with E-state index < -0.39 is 0 Å². The normalized spacial score (nSPS) is 22.9. The van der Waals surface area contributed by atoms with Crippen molar-refractivity contribution in [2.45, 2.75) is 32.9 Å². The lowest BCUT2D eigenvalue weighted by atomic mass is 10.1. The van der Waals surface area contributed by atoms with Gasteiger partial charge in [-0.1, -0.05) is 20.4 Å². The van der Waals surface area contributed by atoms with E-state index in [1.54, 1.807) is 0 Å². The lowest BCUT2D eigenvalue weighted by molar-refractivity contribution is -0.118. The molecule has 5 nitrogen and oxygen atoms in total. The van der Waals surface area contributed by atoms with Gasteiger partial charge in [-0.25, -0.2) is 0 Å². The second-order valence-electron chi connectivity index (χ2n) is 6.61. The fourth-order valence-corrected chi connectivity index (χ4v) is 2.54. The summed E-state index contributed by atoms with van der Waals surface area (Å²) in [5.74, 6) is 0.431. The van der Waals surface area contributed by atoms with E-state index in [1.807, 2.05) is 6.92 Å². The van der Waals surface area contributed by atoms with E-state index in [2.05, 4.69) is 35.5 Å². The molecule has 2 rings (SSSR count). The van der Waals surface area contributed by atoms with Crippen LogP contribution in [0.1, 0.15) is 20.8 Å². The van der Waals surface area contributed by atoms with Gasteiger partial charge >= 0.3 is 0 Å². The summed E-state index contributed by atoms with van der Waals surface area (Å²) in [5.41, 5.74) is 0.669. The van der Waals surface area contributed by atoms with Gasteiger partial charge in [0.05, 0.1) is 19.3 Å². The number of piperazine rings is 1. The van der Waals surface area contributed by atoms with Crippen molar-refractivity contribution in [1.82, 2.24) is 15.1 Å². The van der Waals surface area contributed by atoms with Crippen molar-refractivity contribution in [3.63, 3.8) is 0 Å². The van der Waals surface area contributed by atoms with Crippen LogP contribution in [-0.2, 0) is 9.53 Å². The van der Waals surface area contributed by atoms with Gasteiger partial charge in [0.1, 0.15) is 0 Å². The molecule has 2 saturated heterocycles. The Kier molecular flexibility index (Phi) is 5.79. The molecule has 0 aromatic carbocycles. The number of ether oxygens (including phenoxy) is 1. The van der Waals surface area contributed by atoms with Crippen LogP contribution in [0.25, 0.3) is 0 Å².